The summed E-state index contributed by atoms with van der Waals surface area (Å²) in [7, 11) is 0. The Morgan fingerprint density at radius 1 is 0.651 bits per heavy atom. The summed E-state index contributed by atoms with van der Waals surface area (Å²) in [4.78, 5) is 0. The van der Waals surface area contributed by atoms with Gasteiger partial charge >= 0.3 is 258 Å². The topological polar surface area (TPSA) is 0 Å². The molecule has 3 saturated carbocycles. The van der Waals surface area contributed by atoms with Crippen LogP contribution in [0, 0.1) is 43.8 Å². The number of hydrogen-bond acceptors (Lipinski definition) is 0. The fourth-order valence-electron chi connectivity index (χ4n) is 12.8. The van der Waals surface area contributed by atoms with Crippen LogP contribution in [0.1, 0.15) is 93.9 Å². The molecule has 0 saturated heterocycles. The van der Waals surface area contributed by atoms with Gasteiger partial charge in [0.1, 0.15) is 0 Å². The molecule has 3 heteroatoms. The second kappa shape index (κ2) is 10.6. The van der Waals surface area contributed by atoms with Gasteiger partial charge in [-0.05, 0) is 0 Å². The molecular weight excluding hydrogens is 599 g/mol. The third-order valence-corrected chi connectivity index (χ3v) is 21.8. The fraction of sp³-hybridized carbons (Fsp3) is 0.575. The monoisotopic (exact) mass is 650 g/mol. The molecule has 7 rings (SSSR count). The molecule has 0 nitrogen and oxygen atoms in total. The maximum Gasteiger partial charge on any atom is -1.00 e. The first-order valence-corrected chi connectivity index (χ1v) is 19.0. The Hall–Kier alpha value is -0.916. The Morgan fingerprint density at radius 2 is 1.21 bits per heavy atom. The van der Waals surface area contributed by atoms with Crippen molar-refractivity contribution in [2.45, 2.75) is 98.1 Å². The van der Waals surface area contributed by atoms with E-state index in [1.54, 1.807) is 5.57 Å². The van der Waals surface area contributed by atoms with Crippen LogP contribution >= 0.6 is 0 Å². The summed E-state index contributed by atoms with van der Waals surface area (Å²) in [5.74, 6) is 0.562. The number of fused-ring (bicyclic) bond motifs is 8. The van der Waals surface area contributed by atoms with Crippen molar-refractivity contribution in [2.24, 2.45) is 43.8 Å². The maximum atomic E-state index is 2.83. The van der Waals surface area contributed by atoms with Gasteiger partial charge in [-0.2, -0.15) is 0 Å². The van der Waals surface area contributed by atoms with E-state index >= 15 is 0 Å². The zero-order chi connectivity index (χ0) is 29.1. The molecule has 7 aliphatic rings. The molecule has 0 spiro atoms. The third-order valence-electron chi connectivity index (χ3n) is 15.8. The molecule has 0 bridgehead atoms. The summed E-state index contributed by atoms with van der Waals surface area (Å²) in [5.41, 5.74) is 1.78. The molecule has 0 aromatic heterocycles. The van der Waals surface area contributed by atoms with Crippen molar-refractivity contribution in [1.82, 2.24) is 0 Å². The van der Waals surface area contributed by atoms with Gasteiger partial charge in [-0.15, -0.1) is 0 Å². The van der Waals surface area contributed by atoms with E-state index in [2.05, 4.69) is 140 Å². The molecule has 9 unspecified atom stereocenters. The molecule has 0 aromatic carbocycles. The van der Waals surface area contributed by atoms with Crippen LogP contribution in [-0.4, -0.2) is 3.81 Å². The third kappa shape index (κ3) is 3.44. The van der Waals surface area contributed by atoms with Crippen LogP contribution in [0.3, 0.4) is 0 Å². The number of hydrogen-bond donors (Lipinski definition) is 0. The summed E-state index contributed by atoms with van der Waals surface area (Å²) in [6.45, 7) is 21.5. The Balaban J connectivity index is 0.00000184. The summed E-state index contributed by atoms with van der Waals surface area (Å²) in [6, 6.07) is 0. The van der Waals surface area contributed by atoms with Gasteiger partial charge in [-0.1, -0.05) is 0 Å². The van der Waals surface area contributed by atoms with Crippen molar-refractivity contribution < 1.29 is 42.2 Å². The summed E-state index contributed by atoms with van der Waals surface area (Å²) in [5, 5.41) is 0. The largest absolute Gasteiger partial charge is 1.00 e. The van der Waals surface area contributed by atoms with Gasteiger partial charge in [0.05, 0.1) is 0 Å². The van der Waals surface area contributed by atoms with E-state index < -0.39 is 17.4 Å². The van der Waals surface area contributed by atoms with E-state index in [0.717, 1.165) is 0 Å². The van der Waals surface area contributed by atoms with Gasteiger partial charge < -0.3 is 24.8 Å². The average molecular weight is 652 g/mol. The normalized spacial score (nSPS) is 48.1. The van der Waals surface area contributed by atoms with Gasteiger partial charge in [0.25, 0.3) is 0 Å². The van der Waals surface area contributed by atoms with Crippen molar-refractivity contribution >= 4 is 3.81 Å². The van der Waals surface area contributed by atoms with Gasteiger partial charge in [0.15, 0.2) is 0 Å². The molecule has 9 atom stereocenters. The van der Waals surface area contributed by atoms with Crippen LogP contribution in [0.4, 0.5) is 0 Å². The van der Waals surface area contributed by atoms with Crippen LogP contribution in [-0.2, 0) is 17.4 Å². The molecule has 0 aliphatic heterocycles. The van der Waals surface area contributed by atoms with Crippen LogP contribution in [0.15, 0.2) is 94.5 Å². The molecule has 3 fully saturated rings. The summed E-state index contributed by atoms with van der Waals surface area (Å²) < 4.78 is 4.58. The fourth-order valence-corrected chi connectivity index (χ4v) is 20.2. The molecule has 0 amide bonds. The first-order chi connectivity index (χ1) is 19.4. The Kier molecular flexibility index (Phi) is 8.21. The molecule has 43 heavy (non-hydrogen) atoms. The van der Waals surface area contributed by atoms with Gasteiger partial charge in [0.2, 0.25) is 0 Å². The summed E-state index contributed by atoms with van der Waals surface area (Å²) in [6.07, 6.45) is 43.6. The molecule has 0 aromatic rings. The second-order valence-corrected chi connectivity index (χ2v) is 20.3. The average Bonchev–Trinajstić information content (AvgIpc) is 3.55. The van der Waals surface area contributed by atoms with Crippen molar-refractivity contribution in [3.8, 4) is 0 Å². The number of allylic oxidation sites excluding steroid dienone is 16. The molecule has 0 radical (unpaired) electrons. The molecule has 230 valence electrons. The minimum absolute atomic E-state index is 0. The van der Waals surface area contributed by atoms with Crippen molar-refractivity contribution in [2.75, 3.05) is 0 Å². The second-order valence-electron chi connectivity index (χ2n) is 15.9. The Labute approximate surface area is 280 Å². The van der Waals surface area contributed by atoms with Gasteiger partial charge in [-0.3, -0.25) is 0 Å². The van der Waals surface area contributed by atoms with Crippen molar-refractivity contribution in [3.63, 3.8) is 0 Å². The zero-order valence-electron chi connectivity index (χ0n) is 27.7. The molecule has 0 heterocycles. The maximum absolute atomic E-state index is 2.83. The van der Waals surface area contributed by atoms with Gasteiger partial charge in [-0.25, -0.2) is 0 Å². The van der Waals surface area contributed by atoms with E-state index in [1.165, 1.54) is 38.5 Å². The minimum Gasteiger partial charge on any atom is -1.00 e. The number of rotatable bonds is 2. The Morgan fingerprint density at radius 3 is 1.79 bits per heavy atom. The van der Waals surface area contributed by atoms with E-state index in [0.29, 0.717) is 10.1 Å². The first-order valence-electron chi connectivity index (χ1n) is 16.6. The molecular formula is C40H52Cl2Ti. The first kappa shape index (κ1) is 33.4. The number of halogens is 2. The Bertz CT molecular complexity index is 1470. The van der Waals surface area contributed by atoms with Crippen molar-refractivity contribution in [3.05, 3.63) is 94.5 Å². The van der Waals surface area contributed by atoms with Crippen LogP contribution < -0.4 is 24.8 Å². The smallest absolute Gasteiger partial charge is 1.00 e. The molecule has 7 aliphatic carbocycles. The quantitative estimate of drug-likeness (QED) is 0.376. The van der Waals surface area contributed by atoms with E-state index in [9.17, 15) is 0 Å². The minimum atomic E-state index is -1.90. The molecule has 0 N–H and O–H groups in total. The van der Waals surface area contributed by atoms with Crippen LogP contribution in [0.25, 0.3) is 0 Å². The van der Waals surface area contributed by atoms with Gasteiger partial charge in [0, 0.05) is 0 Å². The zero-order valence-corrected chi connectivity index (χ0v) is 30.8. The van der Waals surface area contributed by atoms with E-state index in [1.807, 2.05) is 7.69 Å². The predicted octanol–water partition coefficient (Wildman–Crippen LogP) is 4.84. The standard InChI is InChI=1S/C29H37.C6H10.C5H5.2ClH.Ti/c1-21-14-13-15-22-20-27(6)25(4)18-10-9-16-23(25,2)24(3)17-11-12-19-26(24,5)29(27,8)28(21,22)7;1-2-4-6-5-3-1;1-2-4-5-3-1;;;/h9-20,22H,1-8H3;1-5H2;1-3H,4H2;2*1H;/q;;;;;+2/p-2. The SMILES string of the molecule is CC1=CC=CC2[CH]([Ti+2]([C]3=CC=CC3)=[C]3CCCCC3)C3(C)C4(C)C=CC=CC4(C)C4(C)C=CC=CC4(C)C3(C)C12C.[Cl-].[Cl-]. The van der Waals surface area contributed by atoms with Crippen LogP contribution in [0.5, 0.6) is 0 Å². The van der Waals surface area contributed by atoms with Crippen molar-refractivity contribution in [1.29, 1.82) is 0 Å². The van der Waals surface area contributed by atoms with E-state index in [4.69, 9.17) is 0 Å². The summed E-state index contributed by atoms with van der Waals surface area (Å²) >= 11 is -1.90. The van der Waals surface area contributed by atoms with E-state index in [-0.39, 0.29) is 62.7 Å². The predicted molar refractivity (Wildman–Crippen MR) is 173 cm³/mol. The van der Waals surface area contributed by atoms with Crippen LogP contribution in [0.2, 0.25) is 4.22 Å².